The minimum atomic E-state index is -3.62. The zero-order chi connectivity index (χ0) is 25.4. The molecule has 9 heteroatoms. The number of rotatable bonds is 11. The number of amides is 2. The molecular formula is C26H31N3O5S. The van der Waals surface area contributed by atoms with Gasteiger partial charge in [0, 0.05) is 13.0 Å². The fraction of sp³-hybridized carbons (Fsp3) is 0.308. The van der Waals surface area contributed by atoms with Gasteiger partial charge in [-0.1, -0.05) is 55.5 Å². The van der Waals surface area contributed by atoms with Crippen LogP contribution in [0.15, 0.2) is 66.7 Å². The van der Waals surface area contributed by atoms with Gasteiger partial charge in [-0.25, -0.2) is 13.1 Å². The first-order chi connectivity index (χ1) is 16.7. The van der Waals surface area contributed by atoms with Crippen LogP contribution < -0.4 is 20.1 Å². The summed E-state index contributed by atoms with van der Waals surface area (Å²) in [5, 5.41) is 7.61. The van der Waals surface area contributed by atoms with Gasteiger partial charge in [0.2, 0.25) is 21.8 Å². The van der Waals surface area contributed by atoms with Gasteiger partial charge >= 0.3 is 0 Å². The number of carbonyl (C=O) groups is 2. The van der Waals surface area contributed by atoms with Crippen molar-refractivity contribution in [3.05, 3.63) is 77.9 Å². The Hall–Kier alpha value is -3.43. The van der Waals surface area contributed by atoms with Crippen LogP contribution in [0.25, 0.3) is 10.8 Å². The largest absolute Gasteiger partial charge is 0.497 e. The molecule has 0 aliphatic heterocycles. The van der Waals surface area contributed by atoms with E-state index in [0.29, 0.717) is 23.4 Å². The highest BCUT2D eigenvalue weighted by molar-refractivity contribution is 7.88. The Kier molecular flexibility index (Phi) is 8.84. The Morgan fingerprint density at radius 1 is 0.943 bits per heavy atom. The number of hydrogen-bond acceptors (Lipinski definition) is 5. The van der Waals surface area contributed by atoms with Gasteiger partial charge in [-0.3, -0.25) is 9.59 Å². The third kappa shape index (κ3) is 7.53. The molecule has 2 unspecified atom stereocenters. The zero-order valence-corrected chi connectivity index (χ0v) is 20.9. The summed E-state index contributed by atoms with van der Waals surface area (Å²) >= 11 is 0. The van der Waals surface area contributed by atoms with Crippen molar-refractivity contribution in [2.45, 2.75) is 31.8 Å². The highest BCUT2D eigenvalue weighted by Gasteiger charge is 2.26. The molecule has 3 N–H and O–H groups in total. The van der Waals surface area contributed by atoms with Crippen molar-refractivity contribution >= 4 is 32.6 Å². The maximum absolute atomic E-state index is 13.1. The SMILES string of the molecule is CCCNC(=O)C(NC(=O)CC(NS(C)(=O)=O)c1cccc(OC)c1)c1ccc2ccccc2c1. The Balaban J connectivity index is 1.88. The summed E-state index contributed by atoms with van der Waals surface area (Å²) in [5.74, 6) is -0.264. The molecule has 8 nitrogen and oxygen atoms in total. The van der Waals surface area contributed by atoms with E-state index in [9.17, 15) is 18.0 Å². The number of methoxy groups -OCH3 is 1. The van der Waals surface area contributed by atoms with Crippen molar-refractivity contribution in [1.29, 1.82) is 0 Å². The first kappa shape index (κ1) is 26.2. The normalized spacial score (nSPS) is 13.1. The Bertz CT molecular complexity index is 1290. The second-order valence-electron chi connectivity index (χ2n) is 8.32. The lowest BCUT2D eigenvalue weighted by Crippen LogP contribution is -2.42. The Labute approximate surface area is 206 Å². The van der Waals surface area contributed by atoms with E-state index in [1.807, 2.05) is 49.4 Å². The molecule has 0 radical (unpaired) electrons. The molecule has 3 rings (SSSR count). The number of sulfonamides is 1. The Morgan fingerprint density at radius 3 is 2.37 bits per heavy atom. The van der Waals surface area contributed by atoms with Crippen molar-refractivity contribution < 1.29 is 22.7 Å². The molecule has 0 bridgehead atoms. The van der Waals surface area contributed by atoms with E-state index >= 15 is 0 Å². The summed E-state index contributed by atoms with van der Waals surface area (Å²) in [7, 11) is -2.11. The molecular weight excluding hydrogens is 466 g/mol. The predicted octanol–water partition coefficient (Wildman–Crippen LogP) is 3.21. The minimum absolute atomic E-state index is 0.203. The molecule has 35 heavy (non-hydrogen) atoms. The summed E-state index contributed by atoms with van der Waals surface area (Å²) in [6.45, 7) is 2.42. The van der Waals surface area contributed by atoms with Crippen molar-refractivity contribution in [3.8, 4) is 5.75 Å². The lowest BCUT2D eigenvalue weighted by Gasteiger charge is -2.22. The fourth-order valence-corrected chi connectivity index (χ4v) is 4.52. The smallest absolute Gasteiger partial charge is 0.247 e. The number of nitrogens with one attached hydrogen (secondary N) is 3. The zero-order valence-electron chi connectivity index (χ0n) is 20.1. The van der Waals surface area contributed by atoms with Crippen molar-refractivity contribution in [1.82, 2.24) is 15.4 Å². The highest BCUT2D eigenvalue weighted by atomic mass is 32.2. The van der Waals surface area contributed by atoms with Gasteiger partial charge in [0.25, 0.3) is 0 Å². The molecule has 0 heterocycles. The second-order valence-corrected chi connectivity index (χ2v) is 10.1. The number of fused-ring (bicyclic) bond motifs is 1. The molecule has 0 aromatic heterocycles. The predicted molar refractivity (Wildman–Crippen MR) is 136 cm³/mol. The second kappa shape index (κ2) is 11.8. The average Bonchev–Trinajstić information content (AvgIpc) is 2.84. The van der Waals surface area contributed by atoms with Crippen LogP contribution in [0, 0.1) is 0 Å². The van der Waals surface area contributed by atoms with Gasteiger partial charge in [-0.05, 0) is 46.5 Å². The van der Waals surface area contributed by atoms with Crippen LogP contribution in [0.3, 0.4) is 0 Å². The molecule has 0 aliphatic carbocycles. The van der Waals surface area contributed by atoms with E-state index in [2.05, 4.69) is 15.4 Å². The molecule has 3 aromatic carbocycles. The van der Waals surface area contributed by atoms with Crippen molar-refractivity contribution in [2.24, 2.45) is 0 Å². The van der Waals surface area contributed by atoms with E-state index in [-0.39, 0.29) is 12.3 Å². The summed E-state index contributed by atoms with van der Waals surface area (Å²) in [4.78, 5) is 26.1. The van der Waals surface area contributed by atoms with E-state index in [1.165, 1.54) is 7.11 Å². The molecule has 2 atom stereocenters. The molecule has 0 fully saturated rings. The van der Waals surface area contributed by atoms with Crippen LogP contribution >= 0.6 is 0 Å². The van der Waals surface area contributed by atoms with Crippen LogP contribution in [0.1, 0.15) is 43.0 Å². The van der Waals surface area contributed by atoms with Crippen LogP contribution in [0.5, 0.6) is 5.75 Å². The topological polar surface area (TPSA) is 114 Å². The van der Waals surface area contributed by atoms with Crippen LogP contribution in [0.2, 0.25) is 0 Å². The van der Waals surface area contributed by atoms with Gasteiger partial charge in [-0.15, -0.1) is 0 Å². The third-order valence-corrected chi connectivity index (χ3v) is 6.18. The maximum atomic E-state index is 13.1. The standard InChI is InChI=1S/C26H31N3O5S/c1-4-14-27-26(31)25(21-13-12-18-8-5-6-9-19(18)15-21)28-24(30)17-23(29-35(3,32)33)20-10-7-11-22(16-20)34-2/h5-13,15-16,23,25,29H,4,14,17H2,1-3H3,(H,27,31)(H,28,30). The highest BCUT2D eigenvalue weighted by Crippen LogP contribution is 2.24. The minimum Gasteiger partial charge on any atom is -0.497 e. The number of benzene rings is 3. The molecule has 0 saturated carbocycles. The quantitative estimate of drug-likeness (QED) is 0.376. The number of hydrogen-bond donors (Lipinski definition) is 3. The van der Waals surface area contributed by atoms with Crippen LogP contribution in [-0.2, 0) is 19.6 Å². The van der Waals surface area contributed by atoms with Crippen molar-refractivity contribution in [2.75, 3.05) is 19.9 Å². The van der Waals surface area contributed by atoms with Gasteiger partial charge in [0.1, 0.15) is 11.8 Å². The molecule has 0 saturated heterocycles. The number of carbonyl (C=O) groups excluding carboxylic acids is 2. The summed E-state index contributed by atoms with van der Waals surface area (Å²) < 4.78 is 31.8. The van der Waals surface area contributed by atoms with E-state index in [1.54, 1.807) is 24.3 Å². The van der Waals surface area contributed by atoms with Crippen molar-refractivity contribution in [3.63, 3.8) is 0 Å². The molecule has 0 spiro atoms. The van der Waals surface area contributed by atoms with Gasteiger partial charge in [-0.2, -0.15) is 0 Å². The molecule has 3 aromatic rings. The Morgan fingerprint density at radius 2 is 1.69 bits per heavy atom. The van der Waals surface area contributed by atoms with E-state index in [4.69, 9.17) is 4.74 Å². The van der Waals surface area contributed by atoms with Crippen LogP contribution in [-0.4, -0.2) is 40.1 Å². The van der Waals surface area contributed by atoms with Gasteiger partial charge in [0.15, 0.2) is 0 Å². The maximum Gasteiger partial charge on any atom is 0.247 e. The van der Waals surface area contributed by atoms with Gasteiger partial charge < -0.3 is 15.4 Å². The molecule has 186 valence electrons. The van der Waals surface area contributed by atoms with Crippen LogP contribution in [0.4, 0.5) is 0 Å². The lowest BCUT2D eigenvalue weighted by atomic mass is 10.00. The van der Waals surface area contributed by atoms with E-state index < -0.39 is 28.0 Å². The van der Waals surface area contributed by atoms with Gasteiger partial charge in [0.05, 0.1) is 19.4 Å². The summed E-state index contributed by atoms with van der Waals surface area (Å²) in [6, 6.07) is 18.4. The average molecular weight is 498 g/mol. The summed E-state index contributed by atoms with van der Waals surface area (Å²) in [6.07, 6.45) is 1.58. The first-order valence-corrected chi connectivity index (χ1v) is 13.3. The fourth-order valence-electron chi connectivity index (χ4n) is 3.79. The number of ether oxygens (including phenoxy) is 1. The molecule has 0 aliphatic rings. The molecule has 2 amide bonds. The monoisotopic (exact) mass is 497 g/mol. The third-order valence-electron chi connectivity index (χ3n) is 5.47. The summed E-state index contributed by atoms with van der Waals surface area (Å²) in [5.41, 5.74) is 1.21. The van der Waals surface area contributed by atoms with E-state index in [0.717, 1.165) is 23.4 Å². The lowest BCUT2D eigenvalue weighted by molar-refractivity contribution is -0.129. The first-order valence-electron chi connectivity index (χ1n) is 11.4.